The predicted octanol–water partition coefficient (Wildman–Crippen LogP) is 2.88. The molecule has 1 atom stereocenters. The molecule has 0 bridgehead atoms. The summed E-state index contributed by atoms with van der Waals surface area (Å²) in [6.07, 6.45) is 0.474. The third-order valence-electron chi connectivity index (χ3n) is 3.60. The first-order valence-electron chi connectivity index (χ1n) is 5.98. The van der Waals surface area contributed by atoms with E-state index in [1.54, 1.807) is 0 Å². The molecule has 0 aromatic carbocycles. The molecule has 100 valence electrons. The third-order valence-corrected chi connectivity index (χ3v) is 3.60. The van der Waals surface area contributed by atoms with Crippen molar-refractivity contribution in [1.82, 2.24) is 9.97 Å². The molecule has 3 nitrogen and oxygen atoms in total. The maximum Gasteiger partial charge on any atom is 0.391 e. The van der Waals surface area contributed by atoms with Crippen LogP contribution in [0.15, 0.2) is 18.7 Å². The minimum Gasteiger partial charge on any atom is -0.388 e. The van der Waals surface area contributed by atoms with Crippen molar-refractivity contribution in [3.05, 3.63) is 24.3 Å². The normalized spacial score (nSPS) is 26.9. The summed E-state index contributed by atoms with van der Waals surface area (Å²) in [5, 5.41) is 10.1. The maximum absolute atomic E-state index is 12.5. The van der Waals surface area contributed by atoms with Crippen LogP contribution in [0.3, 0.4) is 0 Å². The molecule has 0 aliphatic heterocycles. The quantitative estimate of drug-likeness (QED) is 0.889. The van der Waals surface area contributed by atoms with E-state index in [0.29, 0.717) is 18.4 Å². The van der Waals surface area contributed by atoms with Gasteiger partial charge in [-0.2, -0.15) is 13.2 Å². The highest BCUT2D eigenvalue weighted by Gasteiger charge is 2.42. The summed E-state index contributed by atoms with van der Waals surface area (Å²) in [6.45, 7) is 0. The molecule has 1 aliphatic rings. The van der Waals surface area contributed by atoms with Crippen molar-refractivity contribution in [2.24, 2.45) is 11.8 Å². The second-order valence-corrected chi connectivity index (χ2v) is 4.77. The fourth-order valence-corrected chi connectivity index (χ4v) is 2.50. The molecule has 18 heavy (non-hydrogen) atoms. The van der Waals surface area contributed by atoms with Gasteiger partial charge in [-0.3, -0.25) is 0 Å². The zero-order valence-electron chi connectivity index (χ0n) is 9.77. The number of hydrogen-bond donors (Lipinski definition) is 1. The van der Waals surface area contributed by atoms with E-state index < -0.39 is 18.2 Å². The fourth-order valence-electron chi connectivity index (χ4n) is 2.50. The molecule has 1 aromatic rings. The lowest BCUT2D eigenvalue weighted by molar-refractivity contribution is -0.185. The zero-order valence-corrected chi connectivity index (χ0v) is 9.77. The van der Waals surface area contributed by atoms with E-state index in [1.165, 1.54) is 18.7 Å². The van der Waals surface area contributed by atoms with Gasteiger partial charge >= 0.3 is 6.18 Å². The number of aliphatic hydroxyl groups is 1. The number of aliphatic hydroxyl groups excluding tert-OH is 1. The van der Waals surface area contributed by atoms with Crippen LogP contribution in [0.4, 0.5) is 13.2 Å². The molecule has 1 aromatic heterocycles. The van der Waals surface area contributed by atoms with Crippen LogP contribution in [-0.2, 0) is 0 Å². The van der Waals surface area contributed by atoms with Gasteiger partial charge in [0.05, 0.1) is 12.0 Å². The van der Waals surface area contributed by atoms with Crippen LogP contribution in [0, 0.1) is 11.8 Å². The average molecular weight is 260 g/mol. The smallest absolute Gasteiger partial charge is 0.388 e. The molecule has 2 rings (SSSR count). The monoisotopic (exact) mass is 260 g/mol. The van der Waals surface area contributed by atoms with Crippen LogP contribution < -0.4 is 0 Å². The lowest BCUT2D eigenvalue weighted by Gasteiger charge is -2.32. The molecule has 0 amide bonds. The summed E-state index contributed by atoms with van der Waals surface area (Å²) in [5.74, 6) is -1.34. The standard InChI is InChI=1S/C12H15F3N2O/c13-12(14,15)10-3-1-8(2-4-10)11(18)9-5-16-7-17-6-9/h5-8,10-11,18H,1-4H2. The minimum atomic E-state index is -4.11. The lowest BCUT2D eigenvalue weighted by Crippen LogP contribution is -2.29. The Bertz CT molecular complexity index is 375. The number of halogens is 3. The van der Waals surface area contributed by atoms with E-state index in [0.717, 1.165) is 0 Å². The highest BCUT2D eigenvalue weighted by molar-refractivity contribution is 5.08. The number of rotatable bonds is 2. The minimum absolute atomic E-state index is 0.0961. The maximum atomic E-state index is 12.5. The van der Waals surface area contributed by atoms with E-state index in [2.05, 4.69) is 9.97 Å². The molecule has 1 N–H and O–H groups in total. The van der Waals surface area contributed by atoms with Crippen molar-refractivity contribution >= 4 is 0 Å². The van der Waals surface area contributed by atoms with Gasteiger partial charge in [-0.1, -0.05) is 0 Å². The van der Waals surface area contributed by atoms with E-state index in [1.807, 2.05) is 0 Å². The van der Waals surface area contributed by atoms with Gasteiger partial charge in [0.15, 0.2) is 0 Å². The van der Waals surface area contributed by atoms with E-state index >= 15 is 0 Å². The lowest BCUT2D eigenvalue weighted by atomic mass is 9.78. The molecule has 0 saturated heterocycles. The SMILES string of the molecule is OC(c1cncnc1)C1CCC(C(F)(F)F)CC1. The van der Waals surface area contributed by atoms with Gasteiger partial charge in [-0.05, 0) is 31.6 Å². The molecule has 0 spiro atoms. The molecule has 1 fully saturated rings. The summed E-state index contributed by atoms with van der Waals surface area (Å²) >= 11 is 0. The number of alkyl halides is 3. The number of nitrogens with zero attached hydrogens (tertiary/aromatic N) is 2. The van der Waals surface area contributed by atoms with Crippen molar-refractivity contribution in [3.63, 3.8) is 0 Å². The fraction of sp³-hybridized carbons (Fsp3) is 0.667. The second-order valence-electron chi connectivity index (χ2n) is 4.77. The molecule has 1 aliphatic carbocycles. The van der Waals surface area contributed by atoms with Crippen molar-refractivity contribution in [1.29, 1.82) is 0 Å². The van der Waals surface area contributed by atoms with Crippen LogP contribution in [0.5, 0.6) is 0 Å². The predicted molar refractivity (Wildman–Crippen MR) is 58.5 cm³/mol. The van der Waals surface area contributed by atoms with Crippen molar-refractivity contribution in [2.45, 2.75) is 38.0 Å². The third kappa shape index (κ3) is 2.98. The van der Waals surface area contributed by atoms with Gasteiger partial charge in [0.25, 0.3) is 0 Å². The van der Waals surface area contributed by atoms with Gasteiger partial charge in [-0.25, -0.2) is 9.97 Å². The molecule has 1 heterocycles. The molecular formula is C12H15F3N2O. The summed E-state index contributed by atoms with van der Waals surface area (Å²) < 4.78 is 37.5. The Morgan fingerprint density at radius 3 is 2.17 bits per heavy atom. The van der Waals surface area contributed by atoms with E-state index in [-0.39, 0.29) is 18.8 Å². The first-order valence-corrected chi connectivity index (χ1v) is 5.98. The van der Waals surface area contributed by atoms with Crippen LogP contribution in [0.1, 0.15) is 37.4 Å². The second kappa shape index (κ2) is 5.22. The van der Waals surface area contributed by atoms with E-state index in [9.17, 15) is 18.3 Å². The topological polar surface area (TPSA) is 46.0 Å². The van der Waals surface area contributed by atoms with Crippen LogP contribution >= 0.6 is 0 Å². The highest BCUT2D eigenvalue weighted by Crippen LogP contribution is 2.42. The van der Waals surface area contributed by atoms with Gasteiger partial charge in [0.2, 0.25) is 0 Å². The van der Waals surface area contributed by atoms with Crippen molar-refractivity contribution in [2.75, 3.05) is 0 Å². The first-order chi connectivity index (χ1) is 8.48. The van der Waals surface area contributed by atoms with Gasteiger partial charge < -0.3 is 5.11 Å². The molecule has 6 heteroatoms. The largest absolute Gasteiger partial charge is 0.391 e. The average Bonchev–Trinajstić information content (AvgIpc) is 2.38. The molecular weight excluding hydrogens is 245 g/mol. The van der Waals surface area contributed by atoms with Crippen molar-refractivity contribution < 1.29 is 18.3 Å². The Morgan fingerprint density at radius 2 is 1.67 bits per heavy atom. The van der Waals surface area contributed by atoms with Crippen LogP contribution in [0.25, 0.3) is 0 Å². The highest BCUT2D eigenvalue weighted by atomic mass is 19.4. The Labute approximate surface area is 103 Å². The zero-order chi connectivity index (χ0) is 13.2. The Hall–Kier alpha value is -1.17. The van der Waals surface area contributed by atoms with Crippen LogP contribution in [-0.4, -0.2) is 21.3 Å². The Balaban J connectivity index is 1.94. The number of aromatic nitrogens is 2. The van der Waals surface area contributed by atoms with Crippen LogP contribution in [0.2, 0.25) is 0 Å². The van der Waals surface area contributed by atoms with Gasteiger partial charge in [0, 0.05) is 18.0 Å². The summed E-state index contributed by atoms with van der Waals surface area (Å²) in [5.41, 5.74) is 0.577. The summed E-state index contributed by atoms with van der Waals surface area (Å²) in [4.78, 5) is 7.61. The molecule has 0 radical (unpaired) electrons. The molecule has 1 saturated carbocycles. The Kier molecular flexibility index (Phi) is 3.85. The van der Waals surface area contributed by atoms with Gasteiger partial charge in [-0.15, -0.1) is 0 Å². The van der Waals surface area contributed by atoms with Crippen molar-refractivity contribution in [3.8, 4) is 0 Å². The number of hydrogen-bond acceptors (Lipinski definition) is 3. The van der Waals surface area contributed by atoms with E-state index in [4.69, 9.17) is 0 Å². The van der Waals surface area contributed by atoms with Gasteiger partial charge in [0.1, 0.15) is 6.33 Å². The molecule has 1 unspecified atom stereocenters. The summed E-state index contributed by atoms with van der Waals surface area (Å²) in [6, 6.07) is 0. The first kappa shape index (κ1) is 13.3. The Morgan fingerprint density at radius 1 is 1.11 bits per heavy atom. The summed E-state index contributed by atoms with van der Waals surface area (Å²) in [7, 11) is 0.